The minimum absolute atomic E-state index is 0.0589. The number of benzene rings is 1. The van der Waals surface area contributed by atoms with Crippen LogP contribution in [0.1, 0.15) is 37.9 Å². The van der Waals surface area contributed by atoms with Gasteiger partial charge in [-0.2, -0.15) is 0 Å². The predicted octanol–water partition coefficient (Wildman–Crippen LogP) is 4.07. The molecule has 0 saturated carbocycles. The normalized spacial score (nSPS) is 19.2. The molecule has 1 fully saturated rings. The molecule has 4 heteroatoms. The Morgan fingerprint density at radius 3 is 2.57 bits per heavy atom. The fraction of sp³-hybridized carbons (Fsp3) is 0.588. The molecule has 3 nitrogen and oxygen atoms in total. The second-order valence-electron chi connectivity index (χ2n) is 6.30. The standard InChI is InChI=1S/C17H24ClN3/c1-13(11-20-9-5-6-10-20)12-21-16-8-4-3-7-15(16)19-17(21)14(2)18/h3-4,7-8,13-14H,5-6,9-12H2,1-2H3. The summed E-state index contributed by atoms with van der Waals surface area (Å²) in [6, 6.07) is 8.33. The van der Waals surface area contributed by atoms with E-state index in [1.165, 1.54) is 38.0 Å². The minimum atomic E-state index is -0.0589. The fourth-order valence-electron chi connectivity index (χ4n) is 3.37. The van der Waals surface area contributed by atoms with Crippen molar-refractivity contribution in [3.8, 4) is 0 Å². The number of imidazole rings is 1. The monoisotopic (exact) mass is 305 g/mol. The Labute approximate surface area is 131 Å². The zero-order chi connectivity index (χ0) is 14.8. The average molecular weight is 306 g/mol. The predicted molar refractivity (Wildman–Crippen MR) is 88.8 cm³/mol. The number of fused-ring (bicyclic) bond motifs is 1. The van der Waals surface area contributed by atoms with Crippen LogP contribution in [0.3, 0.4) is 0 Å². The number of nitrogens with zero attached hydrogens (tertiary/aromatic N) is 3. The first-order chi connectivity index (χ1) is 10.1. The van der Waals surface area contributed by atoms with E-state index in [-0.39, 0.29) is 5.38 Å². The van der Waals surface area contributed by atoms with Crippen molar-refractivity contribution in [3.63, 3.8) is 0 Å². The Bertz CT molecular complexity index is 599. The maximum Gasteiger partial charge on any atom is 0.127 e. The highest BCUT2D eigenvalue weighted by atomic mass is 35.5. The summed E-state index contributed by atoms with van der Waals surface area (Å²) in [5.74, 6) is 1.60. The molecule has 1 saturated heterocycles. The Morgan fingerprint density at radius 2 is 1.86 bits per heavy atom. The van der Waals surface area contributed by atoms with Crippen LogP contribution >= 0.6 is 11.6 Å². The van der Waals surface area contributed by atoms with Gasteiger partial charge in [0.25, 0.3) is 0 Å². The van der Waals surface area contributed by atoms with E-state index in [1.807, 2.05) is 13.0 Å². The molecule has 0 bridgehead atoms. The first-order valence-corrected chi connectivity index (χ1v) is 8.40. The van der Waals surface area contributed by atoms with Gasteiger partial charge >= 0.3 is 0 Å². The van der Waals surface area contributed by atoms with Crippen molar-refractivity contribution in [2.75, 3.05) is 19.6 Å². The van der Waals surface area contributed by atoms with Crippen LogP contribution in [0, 0.1) is 5.92 Å². The number of rotatable bonds is 5. The lowest BCUT2D eigenvalue weighted by atomic mass is 10.1. The van der Waals surface area contributed by atoms with Crippen LogP contribution in [0.4, 0.5) is 0 Å². The summed E-state index contributed by atoms with van der Waals surface area (Å²) in [5.41, 5.74) is 2.25. The summed E-state index contributed by atoms with van der Waals surface area (Å²) in [6.45, 7) is 9.01. The van der Waals surface area contributed by atoms with Gasteiger partial charge < -0.3 is 9.47 Å². The first-order valence-electron chi connectivity index (χ1n) is 7.96. The van der Waals surface area contributed by atoms with Crippen molar-refractivity contribution in [1.29, 1.82) is 0 Å². The Kier molecular flexibility index (Phi) is 4.51. The van der Waals surface area contributed by atoms with Gasteiger partial charge in [0.05, 0.1) is 16.4 Å². The number of likely N-dealkylation sites (tertiary alicyclic amines) is 1. The molecule has 114 valence electrons. The van der Waals surface area contributed by atoms with Crippen LogP contribution in [0.25, 0.3) is 11.0 Å². The van der Waals surface area contributed by atoms with Crippen LogP contribution in [0.2, 0.25) is 0 Å². The summed E-state index contributed by atoms with van der Waals surface area (Å²) < 4.78 is 2.31. The minimum Gasteiger partial charge on any atom is -0.326 e. The highest BCUT2D eigenvalue weighted by Gasteiger charge is 2.19. The lowest BCUT2D eigenvalue weighted by Crippen LogP contribution is -2.28. The van der Waals surface area contributed by atoms with Crippen molar-refractivity contribution in [2.24, 2.45) is 5.92 Å². The van der Waals surface area contributed by atoms with Gasteiger partial charge in [-0.1, -0.05) is 19.1 Å². The fourth-order valence-corrected chi connectivity index (χ4v) is 3.53. The van der Waals surface area contributed by atoms with Gasteiger partial charge in [-0.3, -0.25) is 0 Å². The molecule has 2 unspecified atom stereocenters. The molecule has 2 atom stereocenters. The molecule has 1 aliphatic rings. The van der Waals surface area contributed by atoms with Gasteiger partial charge in [-0.15, -0.1) is 11.6 Å². The Balaban J connectivity index is 1.82. The maximum atomic E-state index is 6.34. The Hall–Kier alpha value is -1.06. The summed E-state index contributed by atoms with van der Waals surface area (Å²) in [4.78, 5) is 7.29. The van der Waals surface area contributed by atoms with Gasteiger partial charge in [-0.25, -0.2) is 4.98 Å². The molecule has 21 heavy (non-hydrogen) atoms. The van der Waals surface area contributed by atoms with E-state index >= 15 is 0 Å². The summed E-state index contributed by atoms with van der Waals surface area (Å²) in [6.07, 6.45) is 2.70. The SMILES string of the molecule is CC(CN1CCCC1)Cn1c(C(C)Cl)nc2ccccc21. The number of aromatic nitrogens is 2. The number of hydrogen-bond acceptors (Lipinski definition) is 2. The van der Waals surface area contributed by atoms with Gasteiger partial charge in [0.15, 0.2) is 0 Å². The average Bonchev–Trinajstić information content (AvgIpc) is 3.07. The Morgan fingerprint density at radius 1 is 1.14 bits per heavy atom. The maximum absolute atomic E-state index is 6.34. The first kappa shape index (κ1) is 14.9. The van der Waals surface area contributed by atoms with E-state index in [1.54, 1.807) is 0 Å². The molecule has 2 aromatic rings. The lowest BCUT2D eigenvalue weighted by Gasteiger charge is -2.22. The second kappa shape index (κ2) is 6.37. The van der Waals surface area contributed by atoms with Crippen molar-refractivity contribution in [1.82, 2.24) is 14.5 Å². The third kappa shape index (κ3) is 3.24. The smallest absolute Gasteiger partial charge is 0.127 e. The van der Waals surface area contributed by atoms with Crippen LogP contribution in [0.5, 0.6) is 0 Å². The summed E-state index contributed by atoms with van der Waals surface area (Å²) >= 11 is 6.34. The van der Waals surface area contributed by atoms with Crippen molar-refractivity contribution >= 4 is 22.6 Å². The zero-order valence-electron chi connectivity index (χ0n) is 12.9. The van der Waals surface area contributed by atoms with Crippen LogP contribution in [-0.4, -0.2) is 34.1 Å². The van der Waals surface area contributed by atoms with Crippen molar-refractivity contribution < 1.29 is 0 Å². The van der Waals surface area contributed by atoms with E-state index in [4.69, 9.17) is 16.6 Å². The second-order valence-corrected chi connectivity index (χ2v) is 6.95. The molecule has 2 heterocycles. The van der Waals surface area contributed by atoms with Gasteiger partial charge in [0, 0.05) is 13.1 Å². The molecule has 1 aromatic carbocycles. The molecule has 1 aliphatic heterocycles. The highest BCUT2D eigenvalue weighted by Crippen LogP contribution is 2.25. The molecule has 0 aliphatic carbocycles. The highest BCUT2D eigenvalue weighted by molar-refractivity contribution is 6.20. The molecule has 0 N–H and O–H groups in total. The molecule has 0 spiro atoms. The number of para-hydroxylation sites is 2. The van der Waals surface area contributed by atoms with Crippen molar-refractivity contribution in [3.05, 3.63) is 30.1 Å². The summed E-state index contributed by atoms with van der Waals surface area (Å²) in [7, 11) is 0. The molecular weight excluding hydrogens is 282 g/mol. The van der Waals surface area contributed by atoms with Crippen LogP contribution in [0.15, 0.2) is 24.3 Å². The van der Waals surface area contributed by atoms with E-state index < -0.39 is 0 Å². The van der Waals surface area contributed by atoms with E-state index in [0.29, 0.717) is 5.92 Å². The van der Waals surface area contributed by atoms with E-state index in [0.717, 1.165) is 17.9 Å². The van der Waals surface area contributed by atoms with E-state index in [9.17, 15) is 0 Å². The van der Waals surface area contributed by atoms with Gasteiger partial charge in [-0.05, 0) is 50.9 Å². The number of halogens is 1. The van der Waals surface area contributed by atoms with Crippen LogP contribution < -0.4 is 0 Å². The molecular formula is C17H24ClN3. The van der Waals surface area contributed by atoms with Gasteiger partial charge in [0.1, 0.15) is 5.82 Å². The molecule has 3 rings (SSSR count). The zero-order valence-corrected chi connectivity index (χ0v) is 13.7. The van der Waals surface area contributed by atoms with Crippen molar-refractivity contribution in [2.45, 2.75) is 38.6 Å². The van der Waals surface area contributed by atoms with E-state index in [2.05, 4.69) is 34.6 Å². The van der Waals surface area contributed by atoms with Crippen LogP contribution in [-0.2, 0) is 6.54 Å². The number of alkyl halides is 1. The largest absolute Gasteiger partial charge is 0.326 e. The quantitative estimate of drug-likeness (QED) is 0.777. The van der Waals surface area contributed by atoms with Gasteiger partial charge in [0.2, 0.25) is 0 Å². The number of hydrogen-bond donors (Lipinski definition) is 0. The topological polar surface area (TPSA) is 21.1 Å². The lowest BCUT2D eigenvalue weighted by molar-refractivity contribution is 0.271. The molecule has 0 radical (unpaired) electrons. The third-order valence-electron chi connectivity index (χ3n) is 4.30. The molecule has 0 amide bonds. The summed E-state index contributed by atoms with van der Waals surface area (Å²) in [5, 5.41) is -0.0589. The molecule has 1 aromatic heterocycles. The third-order valence-corrected chi connectivity index (χ3v) is 4.50.